The fraction of sp³-hybridized carbons (Fsp3) is 0.250. The highest BCUT2D eigenvalue weighted by Gasteiger charge is 2.58. The second-order valence-electron chi connectivity index (χ2n) is 12.2. The zero-order chi connectivity index (χ0) is 33.3. The Bertz CT molecular complexity index is 1840. The molecule has 0 amide bonds. The second-order valence-corrected chi connectivity index (χ2v) is 12.2. The van der Waals surface area contributed by atoms with Gasteiger partial charge in [0.2, 0.25) is 0 Å². The molecule has 3 atom stereocenters. The molecule has 49 heavy (non-hydrogen) atoms. The molecule has 9 heteroatoms. The molecule has 9 nitrogen and oxygen atoms in total. The molecule has 1 fully saturated rings. The number of ether oxygens (including phenoxy) is 5. The minimum absolute atomic E-state index is 0.193. The van der Waals surface area contributed by atoms with Gasteiger partial charge in [-0.1, -0.05) is 121 Å². The standard InChI is InChI=1S/C40H40N4O5/c41-39-35-22-21-34(44(35)43-29-42-39)36-37(47-25-32-17-9-3-10-18-32)38(48-26-33-19-11-4-12-20-33)40(49-36,27-45-23-30-13-5-1-6-14-30)28-46-24-31-15-7-2-8-16-31/h1-22,29,36-38H,23-28H2,(H2,41,42,43)/t36?,37-,38+/m0/s1. The first-order valence-corrected chi connectivity index (χ1v) is 16.5. The molecular formula is C40H40N4O5. The van der Waals surface area contributed by atoms with Crippen molar-refractivity contribution in [3.8, 4) is 0 Å². The lowest BCUT2D eigenvalue weighted by Crippen LogP contribution is -2.52. The van der Waals surface area contributed by atoms with E-state index in [2.05, 4.69) is 10.1 Å². The van der Waals surface area contributed by atoms with Gasteiger partial charge >= 0.3 is 0 Å². The number of anilines is 1. The summed E-state index contributed by atoms with van der Waals surface area (Å²) in [6.45, 7) is 1.87. The van der Waals surface area contributed by atoms with Gasteiger partial charge in [0.1, 0.15) is 35.8 Å². The van der Waals surface area contributed by atoms with Crippen LogP contribution in [-0.4, -0.2) is 45.6 Å². The van der Waals surface area contributed by atoms with Crippen molar-refractivity contribution >= 4 is 11.3 Å². The van der Waals surface area contributed by atoms with Gasteiger partial charge < -0.3 is 29.4 Å². The van der Waals surface area contributed by atoms with Crippen molar-refractivity contribution in [2.45, 2.75) is 50.3 Å². The summed E-state index contributed by atoms with van der Waals surface area (Å²) in [4.78, 5) is 4.20. The zero-order valence-electron chi connectivity index (χ0n) is 27.2. The summed E-state index contributed by atoms with van der Waals surface area (Å²) in [5.41, 5.74) is 10.8. The van der Waals surface area contributed by atoms with Crippen LogP contribution >= 0.6 is 0 Å². The third-order valence-electron chi connectivity index (χ3n) is 8.75. The van der Waals surface area contributed by atoms with Crippen molar-refractivity contribution < 1.29 is 23.7 Å². The average Bonchev–Trinajstić information content (AvgIpc) is 3.71. The van der Waals surface area contributed by atoms with E-state index in [1.807, 2.05) is 133 Å². The summed E-state index contributed by atoms with van der Waals surface area (Å²) in [6, 6.07) is 44.2. The average molecular weight is 657 g/mol. The Kier molecular flexibility index (Phi) is 10.4. The number of fused-ring (bicyclic) bond motifs is 1. The predicted octanol–water partition coefficient (Wildman–Crippen LogP) is 6.73. The van der Waals surface area contributed by atoms with Gasteiger partial charge in [-0.3, -0.25) is 0 Å². The van der Waals surface area contributed by atoms with Crippen LogP contribution in [0.4, 0.5) is 5.82 Å². The monoisotopic (exact) mass is 656 g/mol. The smallest absolute Gasteiger partial charge is 0.151 e. The number of rotatable bonds is 15. The van der Waals surface area contributed by atoms with Gasteiger partial charge in [-0.15, -0.1) is 0 Å². The maximum Gasteiger partial charge on any atom is 0.151 e. The third-order valence-corrected chi connectivity index (χ3v) is 8.75. The van der Waals surface area contributed by atoms with Crippen molar-refractivity contribution in [2.24, 2.45) is 0 Å². The summed E-state index contributed by atoms with van der Waals surface area (Å²) in [6.07, 6.45) is -0.332. The molecule has 1 saturated heterocycles. The SMILES string of the molecule is Nc1ncnn2c(C3OC(COCc4ccccc4)(COCc4ccccc4)[C@H](OCc4ccccc4)[C@H]3OCc3ccccc3)ccc12. The maximum atomic E-state index is 7.20. The van der Waals surface area contributed by atoms with E-state index in [4.69, 9.17) is 29.4 Å². The lowest BCUT2D eigenvalue weighted by Gasteiger charge is -2.35. The first kappa shape index (κ1) is 32.6. The predicted molar refractivity (Wildman–Crippen MR) is 186 cm³/mol. The third kappa shape index (κ3) is 7.72. The molecule has 0 saturated carbocycles. The van der Waals surface area contributed by atoms with Gasteiger partial charge in [0.05, 0.1) is 45.3 Å². The Hall–Kier alpha value is -4.90. The summed E-state index contributed by atoms with van der Waals surface area (Å²) in [7, 11) is 0. The largest absolute Gasteiger partial charge is 0.382 e. The van der Waals surface area contributed by atoms with Gasteiger partial charge in [0, 0.05) is 0 Å². The number of aromatic nitrogens is 3. The molecule has 1 aliphatic heterocycles. The number of nitrogen functional groups attached to an aromatic ring is 1. The van der Waals surface area contributed by atoms with Crippen LogP contribution in [-0.2, 0) is 50.1 Å². The molecule has 0 aliphatic carbocycles. The molecule has 0 spiro atoms. The lowest BCUT2D eigenvalue weighted by molar-refractivity contribution is -0.179. The Labute approximate surface area is 286 Å². The van der Waals surface area contributed by atoms with Crippen LogP contribution in [0.5, 0.6) is 0 Å². The van der Waals surface area contributed by atoms with Crippen LogP contribution in [0.1, 0.15) is 34.1 Å². The summed E-state index contributed by atoms with van der Waals surface area (Å²) >= 11 is 0. The molecule has 0 bridgehead atoms. The summed E-state index contributed by atoms with van der Waals surface area (Å²) in [5.74, 6) is 0.376. The number of benzene rings is 4. The van der Waals surface area contributed by atoms with E-state index in [1.54, 1.807) is 4.52 Å². The Morgan fingerprint density at radius 3 is 1.63 bits per heavy atom. The quantitative estimate of drug-likeness (QED) is 0.130. The zero-order valence-corrected chi connectivity index (χ0v) is 27.2. The van der Waals surface area contributed by atoms with Crippen LogP contribution in [0.25, 0.3) is 5.52 Å². The van der Waals surface area contributed by atoms with Gasteiger partial charge in [-0.05, 0) is 34.4 Å². The first-order chi connectivity index (χ1) is 24.2. The van der Waals surface area contributed by atoms with Crippen molar-refractivity contribution in [1.82, 2.24) is 14.6 Å². The topological polar surface area (TPSA) is 102 Å². The first-order valence-electron chi connectivity index (χ1n) is 16.5. The highest BCUT2D eigenvalue weighted by Crippen LogP contribution is 2.45. The van der Waals surface area contributed by atoms with Crippen LogP contribution in [0.2, 0.25) is 0 Å². The molecular weight excluding hydrogens is 616 g/mol. The van der Waals surface area contributed by atoms with Crippen molar-refractivity contribution in [3.05, 3.63) is 168 Å². The van der Waals surface area contributed by atoms with Crippen LogP contribution in [0.15, 0.2) is 140 Å². The van der Waals surface area contributed by atoms with Crippen molar-refractivity contribution in [3.63, 3.8) is 0 Å². The van der Waals surface area contributed by atoms with Gasteiger partial charge in [0.25, 0.3) is 0 Å². The molecule has 4 aromatic carbocycles. The molecule has 1 unspecified atom stereocenters. The van der Waals surface area contributed by atoms with Gasteiger partial charge in [0.15, 0.2) is 5.82 Å². The fourth-order valence-electron chi connectivity index (χ4n) is 6.32. The van der Waals surface area contributed by atoms with Crippen LogP contribution in [0, 0.1) is 0 Å². The van der Waals surface area contributed by atoms with Gasteiger partial charge in [-0.25, -0.2) is 9.50 Å². The number of hydrogen-bond acceptors (Lipinski definition) is 8. The highest BCUT2D eigenvalue weighted by molar-refractivity contribution is 5.65. The number of nitrogens with zero attached hydrogens (tertiary/aromatic N) is 3. The lowest BCUT2D eigenvalue weighted by atomic mass is 9.94. The van der Waals surface area contributed by atoms with Crippen LogP contribution in [0.3, 0.4) is 0 Å². The molecule has 2 N–H and O–H groups in total. The van der Waals surface area contributed by atoms with E-state index in [1.165, 1.54) is 6.33 Å². The number of nitrogens with two attached hydrogens (primary N) is 1. The highest BCUT2D eigenvalue weighted by atomic mass is 16.6. The van der Waals surface area contributed by atoms with Crippen LogP contribution < -0.4 is 5.73 Å². The van der Waals surface area contributed by atoms with E-state index in [9.17, 15) is 0 Å². The van der Waals surface area contributed by atoms with E-state index < -0.39 is 23.9 Å². The molecule has 250 valence electrons. The minimum atomic E-state index is -1.06. The molecule has 7 rings (SSSR count). The molecule has 3 heterocycles. The second kappa shape index (κ2) is 15.5. The Balaban J connectivity index is 1.27. The molecule has 6 aromatic rings. The minimum Gasteiger partial charge on any atom is -0.382 e. The Morgan fingerprint density at radius 2 is 1.10 bits per heavy atom. The van der Waals surface area contributed by atoms with E-state index in [-0.39, 0.29) is 13.2 Å². The number of hydrogen-bond donors (Lipinski definition) is 1. The summed E-state index contributed by atoms with van der Waals surface area (Å²) < 4.78 is 35.7. The van der Waals surface area contributed by atoms with Crippen molar-refractivity contribution in [2.75, 3.05) is 18.9 Å². The molecule has 0 radical (unpaired) electrons. The fourth-order valence-corrected chi connectivity index (χ4v) is 6.32. The normalized spacial score (nSPS) is 18.6. The van der Waals surface area contributed by atoms with E-state index >= 15 is 0 Å². The molecule has 2 aromatic heterocycles. The van der Waals surface area contributed by atoms with Crippen molar-refractivity contribution in [1.29, 1.82) is 0 Å². The Morgan fingerprint density at radius 1 is 0.612 bits per heavy atom. The van der Waals surface area contributed by atoms with E-state index in [0.717, 1.165) is 27.9 Å². The molecule has 1 aliphatic rings. The van der Waals surface area contributed by atoms with Gasteiger partial charge in [-0.2, -0.15) is 5.10 Å². The maximum absolute atomic E-state index is 7.20. The van der Waals surface area contributed by atoms with E-state index in [0.29, 0.717) is 37.8 Å². The summed E-state index contributed by atoms with van der Waals surface area (Å²) in [5, 5.41) is 4.56.